The van der Waals surface area contributed by atoms with Crippen LogP contribution in [0.2, 0.25) is 0 Å². The van der Waals surface area contributed by atoms with Gasteiger partial charge >= 0.3 is 5.97 Å². The van der Waals surface area contributed by atoms with Crippen molar-refractivity contribution < 1.29 is 23.9 Å². The summed E-state index contributed by atoms with van der Waals surface area (Å²) in [5.74, 6) is -0.140. The van der Waals surface area contributed by atoms with Crippen LogP contribution in [0.1, 0.15) is 36.5 Å². The lowest BCUT2D eigenvalue weighted by atomic mass is 10.1. The predicted octanol–water partition coefficient (Wildman–Crippen LogP) is 2.70. The number of thioether (sulfide) groups is 1. The van der Waals surface area contributed by atoms with Gasteiger partial charge in [-0.1, -0.05) is 11.3 Å². The molecular formula is C22H29N3O5S2. The number of methoxy groups -OCH3 is 1. The SMILES string of the molecule is CCOC(=O)c1ccc2c(c1)sc(=NC(=O)CSCC(=O)N1CCCCC1)n2CCOC. The van der Waals surface area contributed by atoms with Crippen molar-refractivity contribution in [3.8, 4) is 0 Å². The Morgan fingerprint density at radius 1 is 1.16 bits per heavy atom. The minimum absolute atomic E-state index is 0.0889. The van der Waals surface area contributed by atoms with Crippen molar-refractivity contribution >= 4 is 51.1 Å². The fourth-order valence-corrected chi connectivity index (χ4v) is 5.31. The maximum atomic E-state index is 12.5. The Morgan fingerprint density at radius 3 is 2.66 bits per heavy atom. The topological polar surface area (TPSA) is 90.2 Å². The van der Waals surface area contributed by atoms with Crippen LogP contribution in [0.5, 0.6) is 0 Å². The largest absolute Gasteiger partial charge is 0.462 e. The first-order valence-electron chi connectivity index (χ1n) is 10.8. The molecule has 0 aliphatic carbocycles. The highest BCUT2D eigenvalue weighted by Crippen LogP contribution is 2.20. The minimum Gasteiger partial charge on any atom is -0.462 e. The molecule has 1 aromatic heterocycles. The van der Waals surface area contributed by atoms with Crippen LogP contribution in [0, 0.1) is 0 Å². The van der Waals surface area contributed by atoms with Gasteiger partial charge in [0.2, 0.25) is 5.91 Å². The maximum Gasteiger partial charge on any atom is 0.338 e. The van der Waals surface area contributed by atoms with E-state index in [1.165, 1.54) is 29.5 Å². The smallest absolute Gasteiger partial charge is 0.338 e. The highest BCUT2D eigenvalue weighted by atomic mass is 32.2. The molecule has 8 nitrogen and oxygen atoms in total. The predicted molar refractivity (Wildman–Crippen MR) is 126 cm³/mol. The zero-order valence-corrected chi connectivity index (χ0v) is 20.1. The second-order valence-electron chi connectivity index (χ2n) is 7.37. The number of piperidine rings is 1. The van der Waals surface area contributed by atoms with Gasteiger partial charge in [0.05, 0.1) is 40.5 Å². The van der Waals surface area contributed by atoms with Gasteiger partial charge < -0.3 is 18.9 Å². The fraction of sp³-hybridized carbons (Fsp3) is 0.545. The van der Waals surface area contributed by atoms with Crippen molar-refractivity contribution in [2.75, 3.05) is 44.9 Å². The third-order valence-corrected chi connectivity index (χ3v) is 7.04. The van der Waals surface area contributed by atoms with E-state index in [2.05, 4.69) is 4.99 Å². The summed E-state index contributed by atoms with van der Waals surface area (Å²) < 4.78 is 13.0. The van der Waals surface area contributed by atoms with Crippen molar-refractivity contribution in [3.05, 3.63) is 28.6 Å². The average molecular weight is 480 g/mol. The average Bonchev–Trinajstić information content (AvgIpc) is 3.14. The van der Waals surface area contributed by atoms with E-state index in [9.17, 15) is 14.4 Å². The molecule has 1 aliphatic heterocycles. The summed E-state index contributed by atoms with van der Waals surface area (Å²) in [6.45, 7) is 4.69. The van der Waals surface area contributed by atoms with Gasteiger partial charge in [0, 0.05) is 26.7 Å². The van der Waals surface area contributed by atoms with E-state index in [0.717, 1.165) is 36.1 Å². The molecule has 2 heterocycles. The van der Waals surface area contributed by atoms with Gasteiger partial charge in [-0.2, -0.15) is 4.99 Å². The molecule has 0 spiro atoms. The van der Waals surface area contributed by atoms with Crippen LogP contribution in [-0.2, 0) is 25.6 Å². The number of carbonyl (C=O) groups excluding carboxylic acids is 3. The molecule has 1 saturated heterocycles. The molecule has 2 aromatic rings. The number of thiazole rings is 1. The molecule has 10 heteroatoms. The van der Waals surface area contributed by atoms with Crippen molar-refractivity contribution in [3.63, 3.8) is 0 Å². The van der Waals surface area contributed by atoms with Crippen LogP contribution >= 0.6 is 23.1 Å². The Balaban J connectivity index is 1.73. The van der Waals surface area contributed by atoms with E-state index in [4.69, 9.17) is 9.47 Å². The first-order chi connectivity index (χ1) is 15.5. The summed E-state index contributed by atoms with van der Waals surface area (Å²) in [6, 6.07) is 5.31. The molecule has 1 aromatic carbocycles. The third-order valence-electron chi connectivity index (χ3n) is 5.09. The molecule has 0 unspecified atom stereocenters. The first kappa shape index (κ1) is 24.5. The lowest BCUT2D eigenvalue weighted by molar-refractivity contribution is -0.129. The number of benzene rings is 1. The molecule has 32 heavy (non-hydrogen) atoms. The van der Waals surface area contributed by atoms with Crippen LogP contribution in [0.15, 0.2) is 23.2 Å². The standard InChI is InChI=1S/C22H29N3O5S2/c1-3-30-21(28)16-7-8-17-18(13-16)32-22(25(17)11-12-29-2)23-19(26)14-31-15-20(27)24-9-5-4-6-10-24/h7-8,13H,3-6,9-12,14-15H2,1-2H3. The fourth-order valence-electron chi connectivity index (χ4n) is 3.50. The number of likely N-dealkylation sites (tertiary alicyclic amines) is 1. The van der Waals surface area contributed by atoms with Gasteiger partial charge in [0.15, 0.2) is 4.80 Å². The van der Waals surface area contributed by atoms with E-state index in [-0.39, 0.29) is 23.5 Å². The van der Waals surface area contributed by atoms with Crippen LogP contribution in [-0.4, -0.2) is 72.2 Å². The molecule has 1 fully saturated rings. The van der Waals surface area contributed by atoms with Crippen LogP contribution < -0.4 is 4.80 Å². The summed E-state index contributed by atoms with van der Waals surface area (Å²) in [5.41, 5.74) is 1.34. The maximum absolute atomic E-state index is 12.5. The number of ether oxygens (including phenoxy) is 2. The highest BCUT2D eigenvalue weighted by molar-refractivity contribution is 8.00. The number of rotatable bonds is 9. The molecule has 174 valence electrons. The van der Waals surface area contributed by atoms with E-state index in [0.29, 0.717) is 35.9 Å². The lowest BCUT2D eigenvalue weighted by Gasteiger charge is -2.26. The van der Waals surface area contributed by atoms with Crippen LogP contribution in [0.25, 0.3) is 10.2 Å². The number of nitrogens with zero attached hydrogens (tertiary/aromatic N) is 3. The first-order valence-corrected chi connectivity index (χ1v) is 12.7. The molecule has 0 atom stereocenters. The zero-order chi connectivity index (χ0) is 22.9. The van der Waals surface area contributed by atoms with Crippen molar-refractivity contribution in [2.45, 2.75) is 32.7 Å². The van der Waals surface area contributed by atoms with E-state index in [1.807, 2.05) is 15.5 Å². The van der Waals surface area contributed by atoms with Crippen LogP contribution in [0.3, 0.4) is 0 Å². The number of esters is 1. The minimum atomic E-state index is -0.379. The van der Waals surface area contributed by atoms with Crippen molar-refractivity contribution in [2.24, 2.45) is 4.99 Å². The molecule has 0 bridgehead atoms. The Hall–Kier alpha value is -2.17. The van der Waals surface area contributed by atoms with Crippen molar-refractivity contribution in [1.29, 1.82) is 0 Å². The summed E-state index contributed by atoms with van der Waals surface area (Å²) in [7, 11) is 1.62. The van der Waals surface area contributed by atoms with Gasteiger partial charge in [-0.25, -0.2) is 4.79 Å². The Labute approximate surface area is 195 Å². The van der Waals surface area contributed by atoms with Gasteiger partial charge in [-0.05, 0) is 44.4 Å². The number of aromatic nitrogens is 1. The van der Waals surface area contributed by atoms with E-state index in [1.54, 1.807) is 26.2 Å². The Morgan fingerprint density at radius 2 is 1.94 bits per heavy atom. The van der Waals surface area contributed by atoms with Gasteiger partial charge in [0.25, 0.3) is 5.91 Å². The van der Waals surface area contributed by atoms with Crippen LogP contribution in [0.4, 0.5) is 0 Å². The second-order valence-corrected chi connectivity index (χ2v) is 9.37. The monoisotopic (exact) mass is 479 g/mol. The number of hydrogen-bond acceptors (Lipinski definition) is 7. The molecular weight excluding hydrogens is 450 g/mol. The van der Waals surface area contributed by atoms with E-state index < -0.39 is 0 Å². The molecule has 1 aliphatic rings. The molecule has 0 saturated carbocycles. The van der Waals surface area contributed by atoms with Gasteiger partial charge in [-0.15, -0.1) is 11.8 Å². The number of hydrogen-bond donors (Lipinski definition) is 0. The molecule has 0 N–H and O–H groups in total. The highest BCUT2D eigenvalue weighted by Gasteiger charge is 2.17. The second kappa shape index (κ2) is 12.2. The number of fused-ring (bicyclic) bond motifs is 1. The zero-order valence-electron chi connectivity index (χ0n) is 18.5. The Bertz CT molecular complexity index is 1020. The Kier molecular flexibility index (Phi) is 9.31. The van der Waals surface area contributed by atoms with Crippen molar-refractivity contribution in [1.82, 2.24) is 9.47 Å². The normalized spacial score (nSPS) is 14.7. The molecule has 2 amide bonds. The summed E-state index contributed by atoms with van der Waals surface area (Å²) in [4.78, 5) is 43.6. The summed E-state index contributed by atoms with van der Waals surface area (Å²) in [5, 5.41) is 0. The van der Waals surface area contributed by atoms with Gasteiger partial charge in [0.1, 0.15) is 0 Å². The van der Waals surface area contributed by atoms with E-state index >= 15 is 0 Å². The number of carbonyl (C=O) groups is 3. The lowest BCUT2D eigenvalue weighted by Crippen LogP contribution is -2.36. The summed E-state index contributed by atoms with van der Waals surface area (Å²) in [6.07, 6.45) is 3.28. The quantitative estimate of drug-likeness (QED) is 0.514. The third kappa shape index (κ3) is 6.43. The summed E-state index contributed by atoms with van der Waals surface area (Å²) >= 11 is 2.64. The number of amides is 2. The molecule has 3 rings (SSSR count). The van der Waals surface area contributed by atoms with Gasteiger partial charge in [-0.3, -0.25) is 9.59 Å². The molecule has 0 radical (unpaired) electrons.